The van der Waals surface area contributed by atoms with Crippen LogP contribution in [0.15, 0.2) is 48.5 Å². The Labute approximate surface area is 205 Å². The Morgan fingerprint density at radius 1 is 0.914 bits per heavy atom. The van der Waals surface area contributed by atoms with E-state index in [-0.39, 0.29) is 36.9 Å². The quantitative estimate of drug-likeness (QED) is 0.667. The Morgan fingerprint density at radius 2 is 1.57 bits per heavy atom. The van der Waals surface area contributed by atoms with Crippen molar-refractivity contribution in [2.75, 3.05) is 19.7 Å². The van der Waals surface area contributed by atoms with Crippen LogP contribution in [-0.2, 0) is 14.3 Å². The van der Waals surface area contributed by atoms with Crippen molar-refractivity contribution in [2.24, 2.45) is 11.8 Å². The number of hydrogen-bond donors (Lipinski definition) is 2. The van der Waals surface area contributed by atoms with E-state index in [0.29, 0.717) is 25.8 Å². The third-order valence-electron chi connectivity index (χ3n) is 7.81. The van der Waals surface area contributed by atoms with Gasteiger partial charge in [0.25, 0.3) is 0 Å². The summed E-state index contributed by atoms with van der Waals surface area (Å²) < 4.78 is 5.71. The number of ether oxygens (including phenoxy) is 1. The highest BCUT2D eigenvalue weighted by Crippen LogP contribution is 2.44. The number of carboxylic acid groups (broad SMARTS) is 1. The first-order valence-electron chi connectivity index (χ1n) is 12.7. The summed E-state index contributed by atoms with van der Waals surface area (Å²) in [6.07, 6.45) is 4.08. The topological polar surface area (TPSA) is 95.9 Å². The van der Waals surface area contributed by atoms with E-state index in [2.05, 4.69) is 29.6 Å². The van der Waals surface area contributed by atoms with Gasteiger partial charge in [-0.15, -0.1) is 0 Å². The van der Waals surface area contributed by atoms with Crippen molar-refractivity contribution in [2.45, 2.75) is 50.5 Å². The summed E-state index contributed by atoms with van der Waals surface area (Å²) >= 11 is 0. The van der Waals surface area contributed by atoms with Crippen LogP contribution in [0.1, 0.15) is 55.6 Å². The first kappa shape index (κ1) is 23.4. The third kappa shape index (κ3) is 4.77. The molecule has 0 spiro atoms. The number of carbonyl (C=O) groups excluding carboxylic acids is 2. The van der Waals surface area contributed by atoms with E-state index in [1.807, 2.05) is 24.3 Å². The summed E-state index contributed by atoms with van der Waals surface area (Å²) in [5.74, 6) is -1.75. The molecule has 0 aromatic heterocycles. The predicted octanol–water partition coefficient (Wildman–Crippen LogP) is 4.41. The minimum absolute atomic E-state index is 0.0155. The van der Waals surface area contributed by atoms with Crippen LogP contribution in [0.5, 0.6) is 0 Å². The van der Waals surface area contributed by atoms with Crippen molar-refractivity contribution in [3.05, 3.63) is 59.7 Å². The van der Waals surface area contributed by atoms with Gasteiger partial charge in [-0.1, -0.05) is 61.4 Å². The SMILES string of the molecule is O=C(NC1CCCCC1C(=O)N1CCC[C@@H](C(=O)O)C1)OCC1c2ccccc2-c2ccccc21. The van der Waals surface area contributed by atoms with Crippen LogP contribution in [0.3, 0.4) is 0 Å². The molecule has 5 rings (SSSR count). The maximum absolute atomic E-state index is 13.3. The smallest absolute Gasteiger partial charge is 0.407 e. The Kier molecular flexibility index (Phi) is 6.75. The summed E-state index contributed by atoms with van der Waals surface area (Å²) in [7, 11) is 0. The summed E-state index contributed by atoms with van der Waals surface area (Å²) in [6.45, 7) is 1.07. The van der Waals surface area contributed by atoms with Crippen molar-refractivity contribution >= 4 is 18.0 Å². The van der Waals surface area contributed by atoms with Crippen LogP contribution < -0.4 is 5.32 Å². The fourth-order valence-corrected chi connectivity index (χ4v) is 6.00. The summed E-state index contributed by atoms with van der Waals surface area (Å²) in [6, 6.07) is 16.1. The van der Waals surface area contributed by atoms with E-state index < -0.39 is 18.0 Å². The fraction of sp³-hybridized carbons (Fsp3) is 0.464. The number of carbonyl (C=O) groups is 3. The second-order valence-electron chi connectivity index (χ2n) is 9.93. The Morgan fingerprint density at radius 3 is 2.26 bits per heavy atom. The average Bonchev–Trinajstić information content (AvgIpc) is 3.21. The molecule has 1 aliphatic heterocycles. The number of amides is 2. The van der Waals surface area contributed by atoms with Gasteiger partial charge in [-0.2, -0.15) is 0 Å². The minimum atomic E-state index is -0.848. The molecule has 2 unspecified atom stereocenters. The molecule has 3 aliphatic rings. The van der Waals surface area contributed by atoms with E-state index in [9.17, 15) is 19.5 Å². The number of benzene rings is 2. The van der Waals surface area contributed by atoms with Gasteiger partial charge in [0.2, 0.25) is 5.91 Å². The molecule has 1 heterocycles. The van der Waals surface area contributed by atoms with E-state index in [0.717, 1.165) is 30.4 Å². The lowest BCUT2D eigenvalue weighted by Gasteiger charge is -2.37. The van der Waals surface area contributed by atoms with E-state index in [1.54, 1.807) is 4.90 Å². The monoisotopic (exact) mass is 476 g/mol. The van der Waals surface area contributed by atoms with Gasteiger partial charge in [-0.05, 0) is 47.9 Å². The number of piperidine rings is 1. The van der Waals surface area contributed by atoms with E-state index in [1.165, 1.54) is 11.1 Å². The molecule has 2 fully saturated rings. The average molecular weight is 477 g/mol. The molecule has 0 radical (unpaired) electrons. The van der Waals surface area contributed by atoms with Crippen LogP contribution in [0.4, 0.5) is 4.79 Å². The molecule has 2 amide bonds. The number of aliphatic carboxylic acids is 1. The maximum atomic E-state index is 13.3. The van der Waals surface area contributed by atoms with Crippen molar-refractivity contribution in [3.63, 3.8) is 0 Å². The lowest BCUT2D eigenvalue weighted by Crippen LogP contribution is -2.52. The minimum Gasteiger partial charge on any atom is -0.481 e. The lowest BCUT2D eigenvalue weighted by molar-refractivity contribution is -0.147. The van der Waals surface area contributed by atoms with Crippen LogP contribution in [0.25, 0.3) is 11.1 Å². The number of rotatable bonds is 5. The number of carboxylic acids is 1. The Bertz CT molecular complexity index is 1070. The molecule has 2 aliphatic carbocycles. The summed E-state index contributed by atoms with van der Waals surface area (Å²) in [4.78, 5) is 39.3. The lowest BCUT2D eigenvalue weighted by atomic mass is 9.83. The zero-order valence-corrected chi connectivity index (χ0v) is 19.8. The van der Waals surface area contributed by atoms with Gasteiger partial charge in [0.15, 0.2) is 0 Å². The number of hydrogen-bond acceptors (Lipinski definition) is 4. The number of nitrogens with zero attached hydrogens (tertiary/aromatic N) is 1. The normalized spacial score (nSPS) is 23.8. The van der Waals surface area contributed by atoms with Crippen LogP contribution in [0.2, 0.25) is 0 Å². The van der Waals surface area contributed by atoms with Crippen LogP contribution >= 0.6 is 0 Å². The number of nitrogens with one attached hydrogen (secondary N) is 1. The molecule has 2 aromatic carbocycles. The summed E-state index contributed by atoms with van der Waals surface area (Å²) in [5, 5.41) is 12.3. The van der Waals surface area contributed by atoms with Gasteiger partial charge in [0, 0.05) is 25.0 Å². The largest absolute Gasteiger partial charge is 0.481 e. The Balaban J connectivity index is 1.22. The van der Waals surface area contributed by atoms with Gasteiger partial charge >= 0.3 is 12.1 Å². The molecule has 1 saturated heterocycles. The Hall–Kier alpha value is -3.35. The fourth-order valence-electron chi connectivity index (χ4n) is 6.00. The second-order valence-corrected chi connectivity index (χ2v) is 9.93. The van der Waals surface area contributed by atoms with Crippen molar-refractivity contribution in [3.8, 4) is 11.1 Å². The van der Waals surface area contributed by atoms with Crippen LogP contribution in [0, 0.1) is 11.8 Å². The van der Waals surface area contributed by atoms with Gasteiger partial charge in [0.1, 0.15) is 6.61 Å². The predicted molar refractivity (Wildman–Crippen MR) is 131 cm³/mol. The number of fused-ring (bicyclic) bond motifs is 3. The van der Waals surface area contributed by atoms with Crippen molar-refractivity contribution < 1.29 is 24.2 Å². The molecular weight excluding hydrogens is 444 g/mol. The van der Waals surface area contributed by atoms with Gasteiger partial charge in [-0.3, -0.25) is 9.59 Å². The molecular formula is C28H32N2O5. The molecule has 35 heavy (non-hydrogen) atoms. The highest BCUT2D eigenvalue weighted by molar-refractivity contribution is 5.82. The number of alkyl carbamates (subject to hydrolysis) is 1. The molecule has 0 bridgehead atoms. The number of likely N-dealkylation sites (tertiary alicyclic amines) is 1. The van der Waals surface area contributed by atoms with Crippen molar-refractivity contribution in [1.82, 2.24) is 10.2 Å². The molecule has 184 valence electrons. The standard InChI is InChI=1S/C28H32N2O5/c31-26(30-15-7-8-18(16-30)27(32)33)23-13-5-6-14-25(23)29-28(34)35-17-24-21-11-3-1-9-19(21)20-10-2-4-12-22(20)24/h1-4,9-12,18,23-25H,5-8,13-17H2,(H,29,34)(H,32,33)/t18-,23?,25?/m1/s1. The van der Waals surface area contributed by atoms with Crippen molar-refractivity contribution in [1.29, 1.82) is 0 Å². The maximum Gasteiger partial charge on any atom is 0.407 e. The molecule has 3 atom stereocenters. The van der Waals surface area contributed by atoms with Gasteiger partial charge in [0.05, 0.1) is 11.8 Å². The zero-order chi connectivity index (χ0) is 24.4. The summed E-state index contributed by atoms with van der Waals surface area (Å²) in [5.41, 5.74) is 4.67. The molecule has 7 nitrogen and oxygen atoms in total. The molecule has 1 saturated carbocycles. The van der Waals surface area contributed by atoms with Crippen LogP contribution in [-0.4, -0.2) is 53.7 Å². The van der Waals surface area contributed by atoms with E-state index in [4.69, 9.17) is 4.74 Å². The molecule has 7 heteroatoms. The van der Waals surface area contributed by atoms with E-state index >= 15 is 0 Å². The first-order chi connectivity index (χ1) is 17.0. The second kappa shape index (κ2) is 10.1. The highest BCUT2D eigenvalue weighted by Gasteiger charge is 2.38. The van der Waals surface area contributed by atoms with Gasteiger partial charge < -0.3 is 20.1 Å². The van der Waals surface area contributed by atoms with Gasteiger partial charge in [-0.25, -0.2) is 4.79 Å². The zero-order valence-electron chi connectivity index (χ0n) is 19.8. The molecule has 2 aromatic rings. The highest BCUT2D eigenvalue weighted by atomic mass is 16.5. The molecule has 2 N–H and O–H groups in total. The third-order valence-corrected chi connectivity index (χ3v) is 7.81. The first-order valence-corrected chi connectivity index (χ1v) is 12.7.